The molecule has 0 heterocycles. The number of hydrogen-bond acceptors (Lipinski definition) is 1. The molecule has 0 saturated heterocycles. The van der Waals surface area contributed by atoms with Gasteiger partial charge >= 0.3 is 12.3 Å². The van der Waals surface area contributed by atoms with E-state index in [1.807, 2.05) is 0 Å². The van der Waals surface area contributed by atoms with Crippen molar-refractivity contribution in [3.05, 3.63) is 47.7 Å². The molecule has 16 heavy (non-hydrogen) atoms. The van der Waals surface area contributed by atoms with Gasteiger partial charge in [-0.1, -0.05) is 30.3 Å². The Kier molecular flexibility index (Phi) is 3.87. The predicted molar refractivity (Wildman–Crippen MR) is 46.5 cm³/mol. The zero-order chi connectivity index (χ0) is 12.2. The Labute approximate surface area is 88.1 Å². The van der Waals surface area contributed by atoms with Crippen LogP contribution in [0, 0.1) is 0 Å². The van der Waals surface area contributed by atoms with Crippen LogP contribution < -0.4 is 0 Å². The Hall–Kier alpha value is -1.59. The lowest BCUT2D eigenvalue weighted by molar-refractivity contribution is -0.138. The molecule has 1 nitrogen and oxygen atoms in total. The molecule has 6 heteroatoms. The van der Waals surface area contributed by atoms with Gasteiger partial charge in [0.2, 0.25) is 0 Å². The third-order valence-electron chi connectivity index (χ3n) is 1.66. The van der Waals surface area contributed by atoms with E-state index in [4.69, 9.17) is 0 Å². The highest BCUT2D eigenvalue weighted by Crippen LogP contribution is 2.30. The van der Waals surface area contributed by atoms with Gasteiger partial charge in [0, 0.05) is 0 Å². The highest BCUT2D eigenvalue weighted by molar-refractivity contribution is 5.14. The summed E-state index contributed by atoms with van der Waals surface area (Å²) in [5.41, 5.74) is 0.380. The first-order chi connectivity index (χ1) is 7.41. The van der Waals surface area contributed by atoms with Crippen molar-refractivity contribution in [1.29, 1.82) is 0 Å². The quantitative estimate of drug-likeness (QED) is 0.573. The molecule has 88 valence electrons. The minimum absolute atomic E-state index is 0.380. The number of halogens is 5. The van der Waals surface area contributed by atoms with E-state index in [0.29, 0.717) is 5.56 Å². The van der Waals surface area contributed by atoms with E-state index in [0.717, 1.165) is 0 Å². The molecule has 0 N–H and O–H groups in total. The maximum absolute atomic E-state index is 12.0. The first-order valence-electron chi connectivity index (χ1n) is 4.20. The SMILES string of the molecule is FC(F)=C(OCc1ccccc1)C(F)(F)F. The van der Waals surface area contributed by atoms with Crippen LogP contribution in [0.15, 0.2) is 42.2 Å². The molecule has 0 fully saturated rings. The highest BCUT2D eigenvalue weighted by Gasteiger charge is 2.40. The van der Waals surface area contributed by atoms with Crippen LogP contribution in [0.3, 0.4) is 0 Å². The maximum Gasteiger partial charge on any atom is 0.454 e. The average molecular weight is 238 g/mol. The summed E-state index contributed by atoms with van der Waals surface area (Å²) in [5.74, 6) is -2.24. The van der Waals surface area contributed by atoms with Crippen molar-refractivity contribution in [2.45, 2.75) is 12.8 Å². The number of rotatable bonds is 3. The fourth-order valence-electron chi connectivity index (χ4n) is 0.973. The lowest BCUT2D eigenvalue weighted by Gasteiger charge is -2.12. The van der Waals surface area contributed by atoms with Crippen molar-refractivity contribution >= 4 is 0 Å². The number of benzene rings is 1. The van der Waals surface area contributed by atoms with Crippen molar-refractivity contribution < 1.29 is 26.7 Å². The van der Waals surface area contributed by atoms with Crippen LogP contribution >= 0.6 is 0 Å². The Morgan fingerprint density at radius 3 is 2.06 bits per heavy atom. The van der Waals surface area contributed by atoms with Gasteiger partial charge in [-0.3, -0.25) is 0 Å². The van der Waals surface area contributed by atoms with E-state index in [2.05, 4.69) is 4.74 Å². The minimum atomic E-state index is -5.17. The summed E-state index contributed by atoms with van der Waals surface area (Å²) in [7, 11) is 0. The summed E-state index contributed by atoms with van der Waals surface area (Å²) in [6.45, 7) is -0.549. The standard InChI is InChI=1S/C10H7F5O/c11-9(12)8(10(13,14)15)16-6-7-4-2-1-3-5-7/h1-5H,6H2. The van der Waals surface area contributed by atoms with Crippen LogP contribution in [0.4, 0.5) is 22.0 Å². The average Bonchev–Trinajstić information content (AvgIpc) is 2.17. The van der Waals surface area contributed by atoms with E-state index < -0.39 is 24.6 Å². The summed E-state index contributed by atoms with van der Waals surface area (Å²) in [5, 5.41) is 0. The van der Waals surface area contributed by atoms with Crippen LogP contribution in [0.5, 0.6) is 0 Å². The monoisotopic (exact) mass is 238 g/mol. The van der Waals surface area contributed by atoms with E-state index >= 15 is 0 Å². The van der Waals surface area contributed by atoms with Gasteiger partial charge in [-0.15, -0.1) is 0 Å². The molecule has 1 rings (SSSR count). The van der Waals surface area contributed by atoms with Crippen molar-refractivity contribution in [1.82, 2.24) is 0 Å². The Bertz CT molecular complexity index is 365. The summed E-state index contributed by atoms with van der Waals surface area (Å²) < 4.78 is 64.0. The first kappa shape index (κ1) is 12.5. The molecule has 0 aromatic heterocycles. The molecule has 0 amide bonds. The van der Waals surface area contributed by atoms with Crippen molar-refractivity contribution in [2.24, 2.45) is 0 Å². The molecule has 0 spiro atoms. The summed E-state index contributed by atoms with van der Waals surface area (Å²) in [6, 6.07) is 7.75. The second-order valence-electron chi connectivity index (χ2n) is 2.86. The van der Waals surface area contributed by atoms with Crippen LogP contribution in [-0.4, -0.2) is 6.18 Å². The zero-order valence-electron chi connectivity index (χ0n) is 7.89. The Balaban J connectivity index is 2.70. The van der Waals surface area contributed by atoms with Gasteiger partial charge in [-0.25, -0.2) is 0 Å². The first-order valence-corrected chi connectivity index (χ1v) is 4.20. The molecule has 0 aliphatic heterocycles. The molecule has 0 saturated carbocycles. The molecule has 0 aliphatic rings. The number of allylic oxidation sites excluding steroid dienone is 1. The Morgan fingerprint density at radius 2 is 1.62 bits per heavy atom. The van der Waals surface area contributed by atoms with Gasteiger partial charge < -0.3 is 4.74 Å². The minimum Gasteiger partial charge on any atom is -0.480 e. The maximum atomic E-state index is 12.0. The normalized spacial score (nSPS) is 11.1. The van der Waals surface area contributed by atoms with E-state index in [9.17, 15) is 22.0 Å². The van der Waals surface area contributed by atoms with Crippen LogP contribution in [0.1, 0.15) is 5.56 Å². The molecule has 0 aliphatic carbocycles. The zero-order valence-corrected chi connectivity index (χ0v) is 7.89. The third kappa shape index (κ3) is 3.52. The summed E-state index contributed by atoms with van der Waals surface area (Å²) >= 11 is 0. The molecule has 0 bridgehead atoms. The van der Waals surface area contributed by atoms with Crippen LogP contribution in [0.25, 0.3) is 0 Å². The van der Waals surface area contributed by atoms with Gasteiger partial charge in [0.1, 0.15) is 6.61 Å². The molecular formula is C10H7F5O. The molecular weight excluding hydrogens is 231 g/mol. The van der Waals surface area contributed by atoms with Crippen molar-refractivity contribution in [3.8, 4) is 0 Å². The van der Waals surface area contributed by atoms with E-state index in [1.54, 1.807) is 18.2 Å². The van der Waals surface area contributed by atoms with Gasteiger partial charge in [0.15, 0.2) is 0 Å². The number of hydrogen-bond donors (Lipinski definition) is 0. The molecule has 1 aromatic rings. The van der Waals surface area contributed by atoms with Gasteiger partial charge in [0.05, 0.1) is 0 Å². The lowest BCUT2D eigenvalue weighted by Crippen LogP contribution is -2.15. The molecule has 0 radical (unpaired) electrons. The molecule has 0 unspecified atom stereocenters. The van der Waals surface area contributed by atoms with Gasteiger partial charge in [-0.2, -0.15) is 22.0 Å². The summed E-state index contributed by atoms with van der Waals surface area (Å²) in [4.78, 5) is 0. The Morgan fingerprint density at radius 1 is 1.06 bits per heavy atom. The van der Waals surface area contributed by atoms with Crippen molar-refractivity contribution in [2.75, 3.05) is 0 Å². The van der Waals surface area contributed by atoms with Gasteiger partial charge in [0.25, 0.3) is 5.76 Å². The molecule has 1 aromatic carbocycles. The van der Waals surface area contributed by atoms with Crippen molar-refractivity contribution in [3.63, 3.8) is 0 Å². The number of ether oxygens (including phenoxy) is 1. The summed E-state index contributed by atoms with van der Waals surface area (Å²) in [6.07, 6.45) is -8.04. The number of alkyl halides is 3. The third-order valence-corrected chi connectivity index (χ3v) is 1.66. The highest BCUT2D eigenvalue weighted by atomic mass is 19.4. The predicted octanol–water partition coefficient (Wildman–Crippen LogP) is 3.87. The fourth-order valence-corrected chi connectivity index (χ4v) is 0.973. The van der Waals surface area contributed by atoms with Crippen LogP contribution in [-0.2, 0) is 11.3 Å². The van der Waals surface area contributed by atoms with E-state index in [-0.39, 0.29) is 0 Å². The largest absolute Gasteiger partial charge is 0.480 e. The fraction of sp³-hybridized carbons (Fsp3) is 0.200. The lowest BCUT2D eigenvalue weighted by atomic mass is 10.2. The van der Waals surface area contributed by atoms with Gasteiger partial charge in [-0.05, 0) is 5.56 Å². The second kappa shape index (κ2) is 4.96. The molecule has 0 atom stereocenters. The second-order valence-corrected chi connectivity index (χ2v) is 2.86. The topological polar surface area (TPSA) is 9.23 Å². The smallest absolute Gasteiger partial charge is 0.454 e. The van der Waals surface area contributed by atoms with E-state index in [1.165, 1.54) is 12.1 Å². The van der Waals surface area contributed by atoms with Crippen LogP contribution in [0.2, 0.25) is 0 Å².